The van der Waals surface area contributed by atoms with Gasteiger partial charge in [0.15, 0.2) is 0 Å². The largest absolute Gasteiger partial charge is 0.295 e. The molecule has 0 N–H and O–H groups in total. The van der Waals surface area contributed by atoms with Crippen LogP contribution in [0.25, 0.3) is 5.69 Å². The highest BCUT2D eigenvalue weighted by molar-refractivity contribution is 8.00. The van der Waals surface area contributed by atoms with Gasteiger partial charge in [-0.05, 0) is 25.1 Å². The zero-order chi connectivity index (χ0) is 20.0. The van der Waals surface area contributed by atoms with Crippen molar-refractivity contribution in [2.75, 3.05) is 10.7 Å². The van der Waals surface area contributed by atoms with Gasteiger partial charge < -0.3 is 0 Å². The number of rotatable bonds is 3. The van der Waals surface area contributed by atoms with Crippen LogP contribution < -0.4 is 10.5 Å². The highest BCUT2D eigenvalue weighted by atomic mass is 32.2. The second-order valence-electron chi connectivity index (χ2n) is 6.50. The van der Waals surface area contributed by atoms with Crippen molar-refractivity contribution in [3.05, 3.63) is 81.8 Å². The maximum atomic E-state index is 14.4. The maximum Gasteiger partial charge on any atom is 0.295 e. The molecule has 0 aliphatic carbocycles. The zero-order valence-electron chi connectivity index (χ0n) is 15.2. The van der Waals surface area contributed by atoms with Gasteiger partial charge in [-0.3, -0.25) is 19.2 Å². The molecule has 0 saturated carbocycles. The molecule has 1 aromatic heterocycles. The van der Waals surface area contributed by atoms with E-state index in [1.54, 1.807) is 30.8 Å². The molecular formula is C20H17F2N3O2S. The number of carbonyl (C=O) groups is 1. The number of halogens is 2. The fraction of sp³-hybridized carbons (Fsp3) is 0.200. The highest BCUT2D eigenvalue weighted by Crippen LogP contribution is 2.42. The molecule has 1 aliphatic heterocycles. The lowest BCUT2D eigenvalue weighted by atomic mass is 10.1. The minimum Gasteiger partial charge on any atom is -0.288 e. The van der Waals surface area contributed by atoms with E-state index in [0.29, 0.717) is 11.4 Å². The molecule has 1 atom stereocenters. The summed E-state index contributed by atoms with van der Waals surface area (Å²) in [5.41, 5.74) is 1.25. The fourth-order valence-electron chi connectivity index (χ4n) is 3.43. The minimum atomic E-state index is -0.742. The van der Waals surface area contributed by atoms with E-state index in [9.17, 15) is 18.4 Å². The summed E-state index contributed by atoms with van der Waals surface area (Å²) in [7, 11) is 1.73. The van der Waals surface area contributed by atoms with Crippen LogP contribution in [0.4, 0.5) is 14.5 Å². The molecule has 0 spiro atoms. The Bertz CT molecular complexity index is 1120. The van der Waals surface area contributed by atoms with Crippen molar-refractivity contribution in [2.45, 2.75) is 12.3 Å². The number of hydrogen-bond donors (Lipinski definition) is 0. The fourth-order valence-corrected chi connectivity index (χ4v) is 4.61. The Morgan fingerprint density at radius 1 is 1.07 bits per heavy atom. The van der Waals surface area contributed by atoms with Gasteiger partial charge in [0, 0.05) is 18.7 Å². The summed E-state index contributed by atoms with van der Waals surface area (Å²) < 4.78 is 30.8. The van der Waals surface area contributed by atoms with Gasteiger partial charge >= 0.3 is 0 Å². The van der Waals surface area contributed by atoms with Crippen LogP contribution in [0.15, 0.2) is 53.3 Å². The summed E-state index contributed by atoms with van der Waals surface area (Å²) in [6, 6.07) is 12.3. The molecule has 4 rings (SSSR count). The van der Waals surface area contributed by atoms with Gasteiger partial charge in [0.25, 0.3) is 5.56 Å². The van der Waals surface area contributed by atoms with Gasteiger partial charge in [-0.25, -0.2) is 13.5 Å². The van der Waals surface area contributed by atoms with Gasteiger partial charge in [0.1, 0.15) is 22.7 Å². The van der Waals surface area contributed by atoms with Crippen molar-refractivity contribution in [1.29, 1.82) is 0 Å². The third-order valence-corrected chi connectivity index (χ3v) is 6.06. The van der Waals surface area contributed by atoms with Crippen molar-refractivity contribution in [1.82, 2.24) is 9.36 Å². The van der Waals surface area contributed by atoms with Crippen LogP contribution in [-0.4, -0.2) is 21.0 Å². The van der Waals surface area contributed by atoms with E-state index in [-0.39, 0.29) is 28.5 Å². The number of anilines is 1. The van der Waals surface area contributed by atoms with Crippen LogP contribution >= 0.6 is 11.8 Å². The number of amides is 1. The third kappa shape index (κ3) is 2.84. The smallest absolute Gasteiger partial charge is 0.288 e. The number of thioether (sulfide) groups is 1. The second kappa shape index (κ2) is 6.94. The molecule has 0 bridgehead atoms. The van der Waals surface area contributed by atoms with Crippen molar-refractivity contribution in [3.8, 4) is 5.69 Å². The minimum absolute atomic E-state index is 0.112. The highest BCUT2D eigenvalue weighted by Gasteiger charge is 2.39. The first-order valence-electron chi connectivity index (χ1n) is 8.62. The number of hydrogen-bond acceptors (Lipinski definition) is 3. The van der Waals surface area contributed by atoms with Crippen LogP contribution in [0.5, 0.6) is 0 Å². The van der Waals surface area contributed by atoms with Crippen molar-refractivity contribution in [3.63, 3.8) is 0 Å². The number of para-hydroxylation sites is 1. The third-order valence-electron chi connectivity index (χ3n) is 4.86. The predicted octanol–water partition coefficient (Wildman–Crippen LogP) is 3.54. The lowest BCUT2D eigenvalue weighted by molar-refractivity contribution is -0.115. The van der Waals surface area contributed by atoms with E-state index in [1.165, 1.54) is 27.4 Å². The molecule has 3 aromatic rings. The Morgan fingerprint density at radius 3 is 2.46 bits per heavy atom. The molecule has 5 nitrogen and oxygen atoms in total. The van der Waals surface area contributed by atoms with Gasteiger partial charge in [0.05, 0.1) is 17.1 Å². The molecule has 1 amide bonds. The summed E-state index contributed by atoms with van der Waals surface area (Å²) in [4.78, 5) is 27.2. The van der Waals surface area contributed by atoms with E-state index in [2.05, 4.69) is 0 Å². The number of carbonyl (C=O) groups excluding carboxylic acids is 1. The summed E-state index contributed by atoms with van der Waals surface area (Å²) in [6.07, 6.45) is 0. The van der Waals surface area contributed by atoms with Crippen LogP contribution in [0, 0.1) is 18.6 Å². The van der Waals surface area contributed by atoms with E-state index in [4.69, 9.17) is 0 Å². The van der Waals surface area contributed by atoms with Gasteiger partial charge in [-0.1, -0.05) is 24.3 Å². The van der Waals surface area contributed by atoms with Crippen molar-refractivity contribution in [2.24, 2.45) is 7.05 Å². The average Bonchev–Trinajstić information content (AvgIpc) is 3.13. The van der Waals surface area contributed by atoms with E-state index in [1.807, 2.05) is 18.2 Å². The van der Waals surface area contributed by atoms with Gasteiger partial charge in [0.2, 0.25) is 5.91 Å². The molecule has 1 fully saturated rings. The second-order valence-corrected chi connectivity index (χ2v) is 7.57. The quantitative estimate of drug-likeness (QED) is 0.675. The molecular weight excluding hydrogens is 384 g/mol. The van der Waals surface area contributed by atoms with E-state index < -0.39 is 17.0 Å². The Hall–Kier alpha value is -2.87. The predicted molar refractivity (Wildman–Crippen MR) is 105 cm³/mol. The van der Waals surface area contributed by atoms with E-state index >= 15 is 0 Å². The Balaban J connectivity index is 1.88. The first kappa shape index (κ1) is 18.5. The first-order valence-corrected chi connectivity index (χ1v) is 9.67. The van der Waals surface area contributed by atoms with E-state index in [0.717, 1.165) is 12.1 Å². The molecule has 1 saturated heterocycles. The summed E-state index contributed by atoms with van der Waals surface area (Å²) >= 11 is 1.21. The van der Waals surface area contributed by atoms with Crippen LogP contribution in [-0.2, 0) is 11.8 Å². The molecule has 1 aliphatic rings. The Morgan fingerprint density at radius 2 is 1.79 bits per heavy atom. The first-order chi connectivity index (χ1) is 13.4. The lowest BCUT2D eigenvalue weighted by Crippen LogP contribution is -2.33. The SMILES string of the molecule is Cc1c(N2C(=O)CSC2c2ccc(F)cc2F)c(=O)n(-c2ccccc2)n1C. The Kier molecular flexibility index (Phi) is 4.58. The molecule has 2 aromatic carbocycles. The van der Waals surface area contributed by atoms with Crippen LogP contribution in [0.2, 0.25) is 0 Å². The van der Waals surface area contributed by atoms with Crippen molar-refractivity contribution < 1.29 is 13.6 Å². The standard InChI is InChI=1S/C20H17F2N3O2S/c1-12-18(19(27)25(23(12)2)14-6-4-3-5-7-14)24-17(26)11-28-20(24)15-9-8-13(21)10-16(15)22/h3-10,20H,11H2,1-2H3. The molecule has 0 radical (unpaired) electrons. The molecule has 2 heterocycles. The molecule has 28 heavy (non-hydrogen) atoms. The van der Waals surface area contributed by atoms with Crippen LogP contribution in [0.3, 0.4) is 0 Å². The summed E-state index contributed by atoms with van der Waals surface area (Å²) in [5, 5.41) is -0.730. The normalized spacial score (nSPS) is 16.8. The Labute approximate surface area is 164 Å². The number of nitrogens with zero attached hydrogens (tertiary/aromatic N) is 3. The van der Waals surface area contributed by atoms with Crippen LogP contribution in [0.1, 0.15) is 16.6 Å². The van der Waals surface area contributed by atoms with Gasteiger partial charge in [-0.2, -0.15) is 0 Å². The summed E-state index contributed by atoms with van der Waals surface area (Å²) in [6.45, 7) is 1.74. The number of aromatic nitrogens is 2. The molecule has 144 valence electrons. The number of benzene rings is 2. The van der Waals surface area contributed by atoms with Crippen molar-refractivity contribution >= 4 is 23.4 Å². The lowest BCUT2D eigenvalue weighted by Gasteiger charge is -2.23. The zero-order valence-corrected chi connectivity index (χ0v) is 16.0. The topological polar surface area (TPSA) is 47.2 Å². The van der Waals surface area contributed by atoms with Gasteiger partial charge in [-0.15, -0.1) is 11.8 Å². The molecule has 8 heteroatoms. The molecule has 1 unspecified atom stereocenters. The monoisotopic (exact) mass is 401 g/mol. The maximum absolute atomic E-state index is 14.4. The average molecular weight is 401 g/mol. The summed E-state index contributed by atoms with van der Waals surface area (Å²) in [5.74, 6) is -1.61.